The summed E-state index contributed by atoms with van der Waals surface area (Å²) in [7, 11) is 0. The predicted molar refractivity (Wildman–Crippen MR) is 50.2 cm³/mol. The van der Waals surface area contributed by atoms with Gasteiger partial charge in [-0.3, -0.25) is 4.79 Å². The molecule has 4 atom stereocenters. The van der Waals surface area contributed by atoms with Crippen molar-refractivity contribution in [1.82, 2.24) is 0 Å². The molecule has 2 heterocycles. The van der Waals surface area contributed by atoms with E-state index in [1.54, 1.807) is 0 Å². The van der Waals surface area contributed by atoms with Crippen molar-refractivity contribution in [3.63, 3.8) is 0 Å². The van der Waals surface area contributed by atoms with Crippen molar-refractivity contribution in [3.05, 3.63) is 0 Å². The molecule has 2 rings (SSSR count). The zero-order valence-corrected chi connectivity index (χ0v) is 8.52. The molecule has 0 spiro atoms. The van der Waals surface area contributed by atoms with Crippen LogP contribution in [0.3, 0.4) is 0 Å². The van der Waals surface area contributed by atoms with Gasteiger partial charge in [0.05, 0.1) is 6.10 Å². The van der Waals surface area contributed by atoms with E-state index in [-0.39, 0.29) is 18.4 Å². The molecule has 13 heavy (non-hydrogen) atoms. The number of carbonyl (C=O) groups excluding carboxylic acids is 1. The van der Waals surface area contributed by atoms with Crippen LogP contribution in [0.15, 0.2) is 0 Å². The number of hydrogen-bond acceptors (Lipinski definition) is 3. The van der Waals surface area contributed by atoms with Gasteiger partial charge >= 0.3 is 0 Å². The fourth-order valence-corrected chi connectivity index (χ4v) is 2.79. The molecule has 2 aliphatic heterocycles. The van der Waals surface area contributed by atoms with Crippen molar-refractivity contribution in [2.75, 3.05) is 6.54 Å². The molecule has 1 unspecified atom stereocenters. The summed E-state index contributed by atoms with van der Waals surface area (Å²) in [6, 6.07) is 0. The Hall–Kier alpha value is 0.170. The van der Waals surface area contributed by atoms with E-state index in [0.29, 0.717) is 0 Å². The maximum Gasteiger partial charge on any atom is 0.174 e. The van der Waals surface area contributed by atoms with E-state index in [1.807, 2.05) is 0 Å². The monoisotopic (exact) mass is 223 g/mol. The Morgan fingerprint density at radius 3 is 2.92 bits per heavy atom. The van der Waals surface area contributed by atoms with Crippen molar-refractivity contribution in [2.45, 2.75) is 35.3 Å². The van der Waals surface area contributed by atoms with Crippen LogP contribution in [0.5, 0.6) is 0 Å². The molecule has 74 valence electrons. The topological polar surface area (TPSA) is 52.3 Å². The summed E-state index contributed by atoms with van der Waals surface area (Å²) in [6.07, 6.45) is 1.32. The van der Waals surface area contributed by atoms with Gasteiger partial charge in [0.2, 0.25) is 0 Å². The van der Waals surface area contributed by atoms with E-state index in [2.05, 4.69) is 0 Å². The van der Waals surface area contributed by atoms with Crippen LogP contribution in [0, 0.1) is 0 Å². The lowest BCUT2D eigenvalue weighted by molar-refractivity contribution is -0.136. The molecule has 0 aromatic carbocycles. The average molecular weight is 224 g/mol. The third-order valence-corrected chi connectivity index (χ3v) is 4.00. The number of carbonyl (C=O) groups is 1. The second kappa shape index (κ2) is 3.09. The van der Waals surface area contributed by atoms with Gasteiger partial charge in [-0.15, -0.1) is 23.2 Å². The fourth-order valence-electron chi connectivity index (χ4n) is 2.03. The number of Topliss-reactive ketones (excluding diaryl/α,β-unsaturated/α-hetero) is 1. The number of halogens is 2. The van der Waals surface area contributed by atoms with Crippen LogP contribution in [-0.4, -0.2) is 34.8 Å². The molecule has 2 saturated heterocycles. The number of alkyl halides is 2. The van der Waals surface area contributed by atoms with E-state index in [4.69, 9.17) is 33.7 Å². The van der Waals surface area contributed by atoms with Gasteiger partial charge in [0.1, 0.15) is 16.4 Å². The molecule has 5 heteroatoms. The van der Waals surface area contributed by atoms with Crippen molar-refractivity contribution >= 4 is 29.0 Å². The van der Waals surface area contributed by atoms with E-state index in [9.17, 15) is 4.79 Å². The van der Waals surface area contributed by atoms with Gasteiger partial charge in [-0.1, -0.05) is 0 Å². The first-order valence-electron chi connectivity index (χ1n) is 4.30. The van der Waals surface area contributed by atoms with Crippen LogP contribution in [0.25, 0.3) is 0 Å². The lowest BCUT2D eigenvalue weighted by Gasteiger charge is -2.37. The quantitative estimate of drug-likeness (QED) is 0.665. The highest BCUT2D eigenvalue weighted by Gasteiger charge is 2.56. The molecular formula is C8H11Cl2NO2. The van der Waals surface area contributed by atoms with Crippen LogP contribution in [0.4, 0.5) is 0 Å². The summed E-state index contributed by atoms with van der Waals surface area (Å²) in [5.74, 6) is -0.137. The second-order valence-electron chi connectivity index (χ2n) is 3.63. The Morgan fingerprint density at radius 2 is 2.31 bits per heavy atom. The fraction of sp³-hybridized carbons (Fsp3) is 0.875. The van der Waals surface area contributed by atoms with Gasteiger partial charge in [-0.2, -0.15) is 0 Å². The molecule has 0 aromatic heterocycles. The number of ketones is 1. The first-order valence-corrected chi connectivity index (χ1v) is 5.18. The first-order chi connectivity index (χ1) is 6.10. The van der Waals surface area contributed by atoms with Crippen LogP contribution < -0.4 is 5.73 Å². The Labute approximate surface area is 86.5 Å². The third kappa shape index (κ3) is 1.22. The summed E-state index contributed by atoms with van der Waals surface area (Å²) in [6.45, 7) is 0.285. The Balaban J connectivity index is 2.31. The molecular weight excluding hydrogens is 213 g/mol. The lowest BCUT2D eigenvalue weighted by Crippen LogP contribution is -2.56. The summed E-state index contributed by atoms with van der Waals surface area (Å²) < 4.78 is 5.62. The minimum atomic E-state index is -0.682. The van der Waals surface area contributed by atoms with Gasteiger partial charge in [0.25, 0.3) is 0 Å². The lowest BCUT2D eigenvalue weighted by atomic mass is 9.93. The standard InChI is InChI=1S/C8H11Cl2NO2/c9-5-4-1-2-8(3-11,13-4)7(10)6(5)12/h4-5,7H,1-3,11H2/t4-,5+,7+,8?/m0/s1. The molecule has 0 radical (unpaired) electrons. The van der Waals surface area contributed by atoms with Crippen LogP contribution in [-0.2, 0) is 9.53 Å². The van der Waals surface area contributed by atoms with Crippen LogP contribution >= 0.6 is 23.2 Å². The first kappa shape index (κ1) is 9.71. The van der Waals surface area contributed by atoms with Crippen LogP contribution in [0.2, 0.25) is 0 Å². The largest absolute Gasteiger partial charge is 0.366 e. The zero-order valence-electron chi connectivity index (χ0n) is 7.00. The van der Waals surface area contributed by atoms with Gasteiger partial charge in [0.15, 0.2) is 5.78 Å². The van der Waals surface area contributed by atoms with Crippen molar-refractivity contribution in [2.24, 2.45) is 5.73 Å². The highest BCUT2D eigenvalue weighted by atomic mass is 35.5. The van der Waals surface area contributed by atoms with Crippen molar-refractivity contribution < 1.29 is 9.53 Å². The van der Waals surface area contributed by atoms with Crippen LogP contribution in [0.1, 0.15) is 12.8 Å². The third-order valence-electron chi connectivity index (χ3n) is 2.89. The molecule has 0 saturated carbocycles. The summed E-state index contributed by atoms with van der Waals surface area (Å²) in [5, 5.41) is -1.27. The number of fused-ring (bicyclic) bond motifs is 2. The van der Waals surface area contributed by atoms with Crippen molar-refractivity contribution in [3.8, 4) is 0 Å². The molecule has 2 aliphatic rings. The Bertz CT molecular complexity index is 248. The van der Waals surface area contributed by atoms with E-state index in [0.717, 1.165) is 12.8 Å². The maximum absolute atomic E-state index is 11.6. The number of rotatable bonds is 1. The van der Waals surface area contributed by atoms with E-state index < -0.39 is 16.4 Å². The summed E-state index contributed by atoms with van der Waals surface area (Å²) >= 11 is 11.8. The normalized spacial score (nSPS) is 49.8. The summed E-state index contributed by atoms with van der Waals surface area (Å²) in [5.41, 5.74) is 4.92. The van der Waals surface area contributed by atoms with Crippen molar-refractivity contribution in [1.29, 1.82) is 0 Å². The molecule has 0 aromatic rings. The van der Waals surface area contributed by atoms with Gasteiger partial charge in [-0.25, -0.2) is 0 Å². The van der Waals surface area contributed by atoms with Gasteiger partial charge in [0, 0.05) is 6.54 Å². The smallest absolute Gasteiger partial charge is 0.174 e. The predicted octanol–water partition coefficient (Wildman–Crippen LogP) is 0.660. The maximum atomic E-state index is 11.6. The molecule has 3 nitrogen and oxygen atoms in total. The summed E-state index contributed by atoms with van der Waals surface area (Å²) in [4.78, 5) is 11.6. The van der Waals surface area contributed by atoms with Gasteiger partial charge in [-0.05, 0) is 12.8 Å². The Kier molecular flexibility index (Phi) is 2.31. The molecule has 0 amide bonds. The molecule has 2 bridgehead atoms. The number of nitrogens with two attached hydrogens (primary N) is 1. The minimum absolute atomic E-state index is 0.137. The minimum Gasteiger partial charge on any atom is -0.366 e. The highest BCUT2D eigenvalue weighted by molar-refractivity contribution is 6.41. The van der Waals surface area contributed by atoms with Gasteiger partial charge < -0.3 is 10.5 Å². The zero-order chi connectivity index (χ0) is 9.64. The number of hydrogen-bond donors (Lipinski definition) is 1. The van der Waals surface area contributed by atoms with E-state index in [1.165, 1.54) is 0 Å². The molecule has 2 N–H and O–H groups in total. The highest BCUT2D eigenvalue weighted by Crippen LogP contribution is 2.43. The molecule has 0 aliphatic carbocycles. The Morgan fingerprint density at radius 1 is 1.62 bits per heavy atom. The molecule has 2 fully saturated rings. The number of ether oxygens (including phenoxy) is 1. The second-order valence-corrected chi connectivity index (χ2v) is 4.54. The van der Waals surface area contributed by atoms with E-state index >= 15 is 0 Å². The SMILES string of the molecule is NCC12CC[C@H](O1)[C@@H](Cl)C(=O)[C@H]2Cl. The average Bonchev–Trinajstić information content (AvgIpc) is 2.55.